The summed E-state index contributed by atoms with van der Waals surface area (Å²) in [6.45, 7) is 12.6. The fourth-order valence-electron chi connectivity index (χ4n) is 12.6. The third-order valence-electron chi connectivity index (χ3n) is 17.8. The normalized spacial score (nSPS) is 15.9. The van der Waals surface area contributed by atoms with Crippen molar-refractivity contribution in [2.45, 2.75) is 152 Å². The second-order valence-electron chi connectivity index (χ2n) is 27.4. The minimum atomic E-state index is -3.25. The van der Waals surface area contributed by atoms with Crippen LogP contribution in [0.4, 0.5) is 21.2 Å². The molecule has 4 amide bonds. The highest BCUT2D eigenvalue weighted by molar-refractivity contribution is 7.91. The van der Waals surface area contributed by atoms with E-state index in [4.69, 9.17) is 29.2 Å². The number of aromatic nitrogens is 5. The van der Waals surface area contributed by atoms with Crippen LogP contribution in [-0.2, 0) is 41.1 Å². The Morgan fingerprint density at radius 2 is 1.15 bits per heavy atom. The first-order valence-corrected chi connectivity index (χ1v) is 42.6. The van der Waals surface area contributed by atoms with Gasteiger partial charge in [0, 0.05) is 71.5 Å². The summed E-state index contributed by atoms with van der Waals surface area (Å²) in [5.74, 6) is 0.597. The lowest BCUT2D eigenvalue weighted by Gasteiger charge is -2.25. The van der Waals surface area contributed by atoms with E-state index >= 15 is 0 Å². The third-order valence-corrected chi connectivity index (χ3v) is 22.9. The first-order valence-electron chi connectivity index (χ1n) is 35.3. The molecule has 108 heavy (non-hydrogen) atoms. The molecule has 4 aromatic carbocycles. The average molecular weight is 1590 g/mol. The summed E-state index contributed by atoms with van der Waals surface area (Å²) in [6.07, 6.45) is 20.0. The highest BCUT2D eigenvalue weighted by Crippen LogP contribution is 2.61. The first-order chi connectivity index (χ1) is 51.5. The van der Waals surface area contributed by atoms with Crippen molar-refractivity contribution >= 4 is 122 Å². The van der Waals surface area contributed by atoms with Crippen LogP contribution in [0.15, 0.2) is 153 Å². The number of carboxylic acid groups (broad SMARTS) is 2. The fraction of sp³-hybridized carbons (Fsp3) is 0.390. The lowest BCUT2D eigenvalue weighted by molar-refractivity contribution is -0.119. The number of nitrogens with zero attached hydrogens (tertiary/aromatic N) is 5. The van der Waals surface area contributed by atoms with Crippen LogP contribution in [0, 0.1) is 23.7 Å². The molecule has 3 saturated carbocycles. The number of carbonyl (C=O) groups is 6. The molecule has 9 aromatic rings. The standard InChI is InChI=1S/C20H24N2O5.C20H24N2O3S2.C19H19N3O5S2.C18H22N2O3S2/c1-12(2)11-26-16-7-15(8-17(9-16)27-13(3)4)19(23)22-18-6-5-14(10-21-18)20(24)25;1-27(24,25)16-9-7-15(8-10-16)20(18(23)22-19-21-11-12-26-19)13-17(20)14-5-3-2-4-6-14;1-11(2)27-15-8-13(16(23)20-19-22-21-17(29-19)18(24)25)7-14(9-15)26-5-3-12-4-6-28-10-12;1-25(22,23)15-8-6-14(7-9-15)16(12-13-4-2-3-5-13)17(21)20-18-19-10-11-24-18/h5-10,12-13H,11H2,1-4H3,(H,24,25)(H,21,22,23);7-12,14,17H,2-6,13H2,1H3,(H,21,22,23);4,6-11H,3,5H2,1-2H3,(H,24,25)(H,20,22,23);6-11,13,16H,2-5,12H2,1H3,(H,19,20,21)/t;17-,20-;;16-/m.0.1/s1. The van der Waals surface area contributed by atoms with Gasteiger partial charge in [0.05, 0.1) is 52.1 Å². The molecule has 3 aliphatic carbocycles. The number of anilines is 4. The van der Waals surface area contributed by atoms with Gasteiger partial charge in [-0.2, -0.15) is 11.3 Å². The van der Waals surface area contributed by atoms with Gasteiger partial charge in [-0.15, -0.1) is 32.9 Å². The van der Waals surface area contributed by atoms with Gasteiger partial charge >= 0.3 is 11.9 Å². The molecule has 3 atom stereocenters. The van der Waals surface area contributed by atoms with Crippen molar-refractivity contribution in [2.75, 3.05) is 47.0 Å². The monoisotopic (exact) mass is 1590 g/mol. The van der Waals surface area contributed by atoms with Crippen LogP contribution in [0.1, 0.15) is 176 Å². The number of rotatable bonds is 28. The average Bonchev–Trinajstić information content (AvgIpc) is 1.55. The number of thiazole rings is 2. The maximum Gasteiger partial charge on any atom is 0.367 e. The molecule has 12 rings (SSSR count). The van der Waals surface area contributed by atoms with E-state index in [0.717, 1.165) is 54.6 Å². The number of carboxylic acids is 2. The highest BCUT2D eigenvalue weighted by atomic mass is 32.2. The maximum absolute atomic E-state index is 13.3. The number of benzene rings is 4. The van der Waals surface area contributed by atoms with Crippen LogP contribution in [0.2, 0.25) is 0 Å². The lowest BCUT2D eigenvalue weighted by Crippen LogP contribution is -2.32. The summed E-state index contributed by atoms with van der Waals surface area (Å²) < 4.78 is 69.8. The number of nitrogens with one attached hydrogen (secondary N) is 4. The van der Waals surface area contributed by atoms with E-state index in [0.29, 0.717) is 81.3 Å². The number of hydrogen-bond donors (Lipinski definition) is 6. The van der Waals surface area contributed by atoms with Gasteiger partial charge in [-0.05, 0) is 158 Å². The van der Waals surface area contributed by atoms with Gasteiger partial charge < -0.3 is 45.1 Å². The number of hydrogen-bond acceptors (Lipinski definition) is 23. The number of sulfone groups is 2. The Balaban J connectivity index is 0.000000166. The molecule has 3 fully saturated rings. The summed E-state index contributed by atoms with van der Waals surface area (Å²) in [6, 6.07) is 28.4. The van der Waals surface area contributed by atoms with Crippen LogP contribution in [0.3, 0.4) is 0 Å². The van der Waals surface area contributed by atoms with Gasteiger partial charge in [0.15, 0.2) is 29.9 Å². The Bertz CT molecular complexity index is 4700. The second-order valence-corrected chi connectivity index (χ2v) is 35.0. The summed E-state index contributed by atoms with van der Waals surface area (Å²) in [4.78, 5) is 85.9. The van der Waals surface area contributed by atoms with E-state index in [1.165, 1.54) is 104 Å². The van der Waals surface area contributed by atoms with Crippen LogP contribution in [0.25, 0.3) is 0 Å². The van der Waals surface area contributed by atoms with Gasteiger partial charge in [-0.1, -0.05) is 107 Å². The molecule has 6 N–H and O–H groups in total. The Morgan fingerprint density at radius 3 is 1.66 bits per heavy atom. The van der Waals surface area contributed by atoms with E-state index < -0.39 is 48.8 Å². The number of ether oxygens (including phenoxy) is 4. The van der Waals surface area contributed by atoms with E-state index in [9.17, 15) is 45.6 Å². The molecule has 0 spiro atoms. The maximum atomic E-state index is 13.3. The molecular weight excluding hydrogens is 1500 g/mol. The molecule has 0 radical (unpaired) electrons. The smallest absolute Gasteiger partial charge is 0.367 e. The largest absolute Gasteiger partial charge is 0.493 e. The Morgan fingerprint density at radius 1 is 0.583 bits per heavy atom. The van der Waals surface area contributed by atoms with Crippen molar-refractivity contribution < 1.29 is 74.8 Å². The molecular formula is C77H89N9O16S6. The van der Waals surface area contributed by atoms with Crippen LogP contribution in [-0.4, -0.2) is 126 Å². The van der Waals surface area contributed by atoms with Gasteiger partial charge in [-0.25, -0.2) is 41.4 Å². The molecule has 0 unspecified atom stereocenters. The summed E-state index contributed by atoms with van der Waals surface area (Å²) in [5.41, 5.74) is 3.10. The van der Waals surface area contributed by atoms with Gasteiger partial charge in [0.2, 0.25) is 22.0 Å². The van der Waals surface area contributed by atoms with Crippen molar-refractivity contribution in [3.05, 3.63) is 182 Å². The number of aromatic carboxylic acids is 2. The lowest BCUT2D eigenvalue weighted by atomic mass is 9.80. The molecule has 574 valence electrons. The molecule has 0 bridgehead atoms. The summed E-state index contributed by atoms with van der Waals surface area (Å²) in [7, 11) is -6.49. The topological polar surface area (TPSA) is 361 Å². The van der Waals surface area contributed by atoms with E-state index in [2.05, 4.69) is 51.8 Å². The van der Waals surface area contributed by atoms with E-state index in [-0.39, 0.29) is 61.3 Å². The Kier molecular flexibility index (Phi) is 29.4. The Labute approximate surface area is 644 Å². The third kappa shape index (κ3) is 24.5. The van der Waals surface area contributed by atoms with Crippen molar-refractivity contribution in [1.82, 2.24) is 25.1 Å². The molecule has 5 heterocycles. The second kappa shape index (κ2) is 38.5. The molecule has 5 aromatic heterocycles. The molecule has 31 heteroatoms. The molecule has 0 saturated heterocycles. The number of carbonyl (C=O) groups excluding carboxylic acids is 4. The first kappa shape index (κ1) is 82.5. The minimum absolute atomic E-state index is 0.0138. The van der Waals surface area contributed by atoms with Crippen molar-refractivity contribution in [3.63, 3.8) is 0 Å². The molecule has 25 nitrogen and oxygen atoms in total. The zero-order valence-electron chi connectivity index (χ0n) is 61.1. The van der Waals surface area contributed by atoms with Crippen LogP contribution in [0.5, 0.6) is 23.0 Å². The number of thiophene rings is 1. The van der Waals surface area contributed by atoms with Crippen molar-refractivity contribution in [1.29, 1.82) is 0 Å². The predicted octanol–water partition coefficient (Wildman–Crippen LogP) is 15.7. The van der Waals surface area contributed by atoms with E-state index in [1.807, 2.05) is 75.9 Å². The molecule has 0 aliphatic heterocycles. The van der Waals surface area contributed by atoms with Gasteiger partial charge in [0.25, 0.3) is 11.8 Å². The summed E-state index contributed by atoms with van der Waals surface area (Å²) >= 11 is 5.21. The molecule has 3 aliphatic rings. The van der Waals surface area contributed by atoms with E-state index in [1.54, 1.807) is 96.5 Å². The van der Waals surface area contributed by atoms with Crippen molar-refractivity contribution in [2.24, 2.45) is 23.7 Å². The van der Waals surface area contributed by atoms with Gasteiger partial charge in [0.1, 0.15) is 28.8 Å². The van der Waals surface area contributed by atoms with Gasteiger partial charge in [-0.3, -0.25) is 24.5 Å². The zero-order valence-corrected chi connectivity index (χ0v) is 66.0. The highest BCUT2D eigenvalue weighted by Gasteiger charge is 2.63. The predicted molar refractivity (Wildman–Crippen MR) is 419 cm³/mol. The SMILES string of the molecule is CC(C)COc1cc(OC(C)C)cc(C(=O)Nc2ccc(C(=O)O)cn2)c1.CC(C)Oc1cc(OCCc2ccsc2)cc(C(=O)Nc2nnc(C(=O)O)s2)c1.CS(=O)(=O)c1ccc([C@@H](CC2CCCC2)C(=O)Nc2nccs2)cc1.CS(=O)(=O)c1ccc([C@@]2(C(=O)Nc3nccs3)C[C@H]2C2CCCCC2)cc1. The number of amides is 4. The zero-order chi connectivity index (χ0) is 77.7. The Hall–Kier alpha value is -9.53. The number of pyridine rings is 1. The quantitative estimate of drug-likeness (QED) is 0.0265. The summed E-state index contributed by atoms with van der Waals surface area (Å²) in [5, 5.41) is 44.9. The van der Waals surface area contributed by atoms with Crippen LogP contribution >= 0.6 is 45.3 Å². The van der Waals surface area contributed by atoms with Crippen LogP contribution < -0.4 is 40.2 Å². The fourth-order valence-corrected chi connectivity index (χ4v) is 16.2. The minimum Gasteiger partial charge on any atom is -0.493 e. The van der Waals surface area contributed by atoms with Crippen molar-refractivity contribution in [3.8, 4) is 23.0 Å².